The molecule has 1 aromatic heterocycles. The third-order valence-corrected chi connectivity index (χ3v) is 5.57. The highest BCUT2D eigenvalue weighted by atomic mass is 16.5. The van der Waals surface area contributed by atoms with E-state index >= 15 is 0 Å². The van der Waals surface area contributed by atoms with Crippen LogP contribution in [0, 0.1) is 13.8 Å². The van der Waals surface area contributed by atoms with Crippen LogP contribution < -0.4 is 26.0 Å². The summed E-state index contributed by atoms with van der Waals surface area (Å²) in [4.78, 5) is 27.8. The average Bonchev–Trinajstić information content (AvgIpc) is 2.71. The van der Waals surface area contributed by atoms with Crippen molar-refractivity contribution in [2.24, 2.45) is 0 Å². The molecule has 1 atom stereocenters. The summed E-state index contributed by atoms with van der Waals surface area (Å²) in [6, 6.07) is 8.60. The molecule has 0 fully saturated rings. The van der Waals surface area contributed by atoms with Crippen LogP contribution >= 0.6 is 0 Å². The first-order chi connectivity index (χ1) is 14.8. The van der Waals surface area contributed by atoms with E-state index in [1.165, 1.54) is 0 Å². The van der Waals surface area contributed by atoms with E-state index in [0.29, 0.717) is 23.7 Å². The van der Waals surface area contributed by atoms with Crippen LogP contribution in [-0.4, -0.2) is 35.4 Å². The summed E-state index contributed by atoms with van der Waals surface area (Å²) >= 11 is 0. The molecule has 0 saturated heterocycles. The van der Waals surface area contributed by atoms with Gasteiger partial charge in [0.2, 0.25) is 5.88 Å². The van der Waals surface area contributed by atoms with E-state index in [2.05, 4.69) is 10.3 Å². The van der Waals surface area contributed by atoms with Crippen molar-refractivity contribution in [3.8, 4) is 23.1 Å². The Morgan fingerprint density at radius 3 is 2.29 bits per heavy atom. The fourth-order valence-corrected chi connectivity index (χ4v) is 4.26. The molecule has 0 bridgehead atoms. The maximum absolute atomic E-state index is 12.8. The number of fused-ring (bicyclic) bond motifs is 1. The van der Waals surface area contributed by atoms with Crippen molar-refractivity contribution in [3.05, 3.63) is 79.0 Å². The molecule has 0 saturated carbocycles. The van der Waals surface area contributed by atoms with Gasteiger partial charge < -0.3 is 19.9 Å². The van der Waals surface area contributed by atoms with Crippen molar-refractivity contribution in [2.75, 3.05) is 20.8 Å². The van der Waals surface area contributed by atoms with Crippen molar-refractivity contribution in [1.29, 1.82) is 0 Å². The normalized spacial score (nSPS) is 15.4. The Labute approximate surface area is 179 Å². The second-order valence-electron chi connectivity index (χ2n) is 7.72. The molecule has 162 valence electrons. The lowest BCUT2D eigenvalue weighted by Crippen LogP contribution is -2.38. The van der Waals surface area contributed by atoms with Gasteiger partial charge in [0.1, 0.15) is 0 Å². The number of aromatic amines is 1. The second-order valence-corrected chi connectivity index (χ2v) is 7.72. The fourth-order valence-electron chi connectivity index (χ4n) is 4.26. The Bertz CT molecular complexity index is 1260. The largest absolute Gasteiger partial charge is 0.494 e. The highest BCUT2D eigenvalue weighted by Gasteiger charge is 2.30. The zero-order chi connectivity index (χ0) is 22.3. The quantitative estimate of drug-likeness (QED) is 0.594. The predicted octanol–water partition coefficient (Wildman–Crippen LogP) is 2.10. The molecule has 8 nitrogen and oxygen atoms in total. The van der Waals surface area contributed by atoms with Gasteiger partial charge >= 0.3 is 5.69 Å². The summed E-state index contributed by atoms with van der Waals surface area (Å²) in [5.74, 6) is 0.729. The SMILES string of the molecule is COc1cc2c(cc1OC)[C@@H](c1c(O)n(-c3cc(C)cc(C)c3)c(=O)[nH]c1=O)NCC2. The van der Waals surface area contributed by atoms with Crippen molar-refractivity contribution in [3.63, 3.8) is 0 Å². The summed E-state index contributed by atoms with van der Waals surface area (Å²) in [5.41, 5.74) is 2.87. The maximum Gasteiger partial charge on any atom is 0.335 e. The predicted molar refractivity (Wildman–Crippen MR) is 117 cm³/mol. The summed E-state index contributed by atoms with van der Waals surface area (Å²) in [6.07, 6.45) is 0.724. The fraction of sp³-hybridized carbons (Fsp3) is 0.304. The zero-order valence-electron chi connectivity index (χ0n) is 17.9. The lowest BCUT2D eigenvalue weighted by atomic mass is 9.90. The molecule has 3 N–H and O–H groups in total. The van der Waals surface area contributed by atoms with E-state index in [4.69, 9.17) is 9.47 Å². The molecular weight excluding hydrogens is 398 g/mol. The third kappa shape index (κ3) is 3.59. The van der Waals surface area contributed by atoms with Gasteiger partial charge in [-0.25, -0.2) is 9.36 Å². The standard InChI is InChI=1S/C23H25N3O5/c1-12-7-13(2)9-15(8-12)26-22(28)19(21(27)25-23(26)29)20-16-11-18(31-4)17(30-3)10-14(16)5-6-24-20/h7-11,20,24,28H,5-6H2,1-4H3,(H,25,27,29)/t20-/m0/s1. The molecule has 4 rings (SSSR count). The van der Waals surface area contributed by atoms with Crippen molar-refractivity contribution >= 4 is 0 Å². The lowest BCUT2D eigenvalue weighted by molar-refractivity contribution is 0.352. The monoisotopic (exact) mass is 423 g/mol. The number of nitrogens with one attached hydrogen (secondary N) is 2. The molecule has 0 spiro atoms. The van der Waals surface area contributed by atoms with Gasteiger partial charge in [0, 0.05) is 6.54 Å². The Kier molecular flexibility index (Phi) is 5.32. The molecule has 8 heteroatoms. The molecule has 1 aliphatic heterocycles. The summed E-state index contributed by atoms with van der Waals surface area (Å²) in [7, 11) is 3.11. The molecule has 3 aromatic rings. The van der Waals surface area contributed by atoms with E-state index < -0.39 is 17.3 Å². The molecule has 2 aromatic carbocycles. The van der Waals surface area contributed by atoms with Gasteiger partial charge in [0.05, 0.1) is 31.5 Å². The highest BCUT2D eigenvalue weighted by molar-refractivity contribution is 5.53. The Hall–Kier alpha value is -3.52. The molecule has 0 aliphatic carbocycles. The van der Waals surface area contributed by atoms with Crippen LogP contribution in [0.15, 0.2) is 39.9 Å². The number of ether oxygens (including phenoxy) is 2. The van der Waals surface area contributed by atoms with Gasteiger partial charge in [-0.05, 0) is 66.8 Å². The van der Waals surface area contributed by atoms with Crippen molar-refractivity contribution in [2.45, 2.75) is 26.3 Å². The molecule has 1 aliphatic rings. The number of aryl methyl sites for hydroxylation is 2. The van der Waals surface area contributed by atoms with Gasteiger partial charge in [-0.2, -0.15) is 0 Å². The first kappa shape index (κ1) is 20.7. The minimum absolute atomic E-state index is 0.0759. The van der Waals surface area contributed by atoms with Crippen LogP contribution in [0.3, 0.4) is 0 Å². The number of rotatable bonds is 4. The molecule has 0 radical (unpaired) electrons. The first-order valence-electron chi connectivity index (χ1n) is 9.99. The number of nitrogens with zero attached hydrogens (tertiary/aromatic N) is 1. The Morgan fingerprint density at radius 1 is 1.00 bits per heavy atom. The zero-order valence-corrected chi connectivity index (χ0v) is 17.9. The van der Waals surface area contributed by atoms with Gasteiger partial charge in [-0.1, -0.05) is 6.07 Å². The van der Waals surface area contributed by atoms with E-state index in [0.717, 1.165) is 33.2 Å². The van der Waals surface area contributed by atoms with E-state index in [9.17, 15) is 14.7 Å². The number of aromatic hydroxyl groups is 1. The van der Waals surface area contributed by atoms with Crippen LogP contribution in [0.4, 0.5) is 0 Å². The van der Waals surface area contributed by atoms with Gasteiger partial charge in [-0.15, -0.1) is 0 Å². The van der Waals surface area contributed by atoms with Crippen LogP contribution in [0.2, 0.25) is 0 Å². The van der Waals surface area contributed by atoms with E-state index in [-0.39, 0.29) is 11.4 Å². The Balaban J connectivity index is 1.95. The smallest absolute Gasteiger partial charge is 0.335 e. The van der Waals surface area contributed by atoms with Crippen LogP contribution in [0.1, 0.15) is 33.9 Å². The van der Waals surface area contributed by atoms with Crippen molar-refractivity contribution < 1.29 is 14.6 Å². The van der Waals surface area contributed by atoms with Crippen molar-refractivity contribution in [1.82, 2.24) is 14.9 Å². The molecule has 31 heavy (non-hydrogen) atoms. The van der Waals surface area contributed by atoms with E-state index in [1.54, 1.807) is 32.4 Å². The number of benzene rings is 2. The topological polar surface area (TPSA) is 106 Å². The number of methoxy groups -OCH3 is 2. The summed E-state index contributed by atoms with van der Waals surface area (Å²) < 4.78 is 12.0. The van der Waals surface area contributed by atoms with Gasteiger partial charge in [-0.3, -0.25) is 9.78 Å². The maximum atomic E-state index is 12.8. The van der Waals surface area contributed by atoms with E-state index in [1.807, 2.05) is 26.0 Å². The number of hydrogen-bond acceptors (Lipinski definition) is 6. The summed E-state index contributed by atoms with van der Waals surface area (Å²) in [5, 5.41) is 14.4. The highest BCUT2D eigenvalue weighted by Crippen LogP contribution is 2.38. The number of aromatic nitrogens is 2. The molecule has 2 heterocycles. The molecular formula is C23H25N3O5. The number of hydrogen-bond donors (Lipinski definition) is 3. The minimum atomic E-state index is -0.695. The van der Waals surface area contributed by atoms with Crippen LogP contribution in [0.25, 0.3) is 5.69 Å². The third-order valence-electron chi connectivity index (χ3n) is 5.57. The lowest BCUT2D eigenvalue weighted by Gasteiger charge is -2.28. The second kappa shape index (κ2) is 7.96. The van der Waals surface area contributed by atoms with Crippen LogP contribution in [0.5, 0.6) is 17.4 Å². The number of H-pyrrole nitrogens is 1. The average molecular weight is 423 g/mol. The summed E-state index contributed by atoms with van der Waals surface area (Å²) in [6.45, 7) is 4.41. The van der Waals surface area contributed by atoms with Gasteiger partial charge in [0.15, 0.2) is 11.5 Å². The Morgan fingerprint density at radius 2 is 1.65 bits per heavy atom. The first-order valence-corrected chi connectivity index (χ1v) is 9.99. The molecule has 0 unspecified atom stereocenters. The van der Waals surface area contributed by atoms with Gasteiger partial charge in [0.25, 0.3) is 5.56 Å². The van der Waals surface area contributed by atoms with Crippen LogP contribution in [-0.2, 0) is 6.42 Å². The molecule has 0 amide bonds. The minimum Gasteiger partial charge on any atom is -0.494 e.